The Balaban J connectivity index is 2.23. The predicted molar refractivity (Wildman–Crippen MR) is 85.0 cm³/mol. The number of rotatable bonds is 4. The van der Waals surface area contributed by atoms with E-state index in [1.165, 1.54) is 0 Å². The van der Waals surface area contributed by atoms with Crippen LogP contribution < -0.4 is 22.5 Å². The molecule has 0 fully saturated rings. The molecule has 0 aliphatic rings. The summed E-state index contributed by atoms with van der Waals surface area (Å²) in [4.78, 5) is 15.3. The number of nitrogens with zero attached hydrogens (tertiary/aromatic N) is 1. The first-order valence-electron chi connectivity index (χ1n) is 6.38. The summed E-state index contributed by atoms with van der Waals surface area (Å²) in [5.41, 5.74) is 19.3. The highest BCUT2D eigenvalue weighted by atomic mass is 16.1. The Morgan fingerprint density at radius 2 is 1.76 bits per heavy atom. The molecule has 0 aromatic heterocycles. The Morgan fingerprint density at radius 3 is 2.38 bits per heavy atom. The molecule has 6 heteroatoms. The summed E-state index contributed by atoms with van der Waals surface area (Å²) in [5.74, 6) is -0.204. The van der Waals surface area contributed by atoms with Crippen molar-refractivity contribution in [3.63, 3.8) is 0 Å². The quantitative estimate of drug-likeness (QED) is 0.497. The number of carbonyl (C=O) groups excluding carboxylic acids is 1. The third-order valence-electron chi connectivity index (χ3n) is 2.79. The van der Waals surface area contributed by atoms with Crippen molar-refractivity contribution >= 4 is 23.2 Å². The molecule has 108 valence electrons. The monoisotopic (exact) mass is 283 g/mol. The normalized spacial score (nSPS) is 9.95. The van der Waals surface area contributed by atoms with Crippen LogP contribution in [0, 0.1) is 0 Å². The molecule has 0 bridgehead atoms. The second-order valence-corrected chi connectivity index (χ2v) is 4.42. The van der Waals surface area contributed by atoms with Gasteiger partial charge in [0.05, 0.1) is 12.2 Å². The topological polar surface area (TPSA) is 120 Å². The highest BCUT2D eigenvalue weighted by molar-refractivity contribution is 5.92. The van der Waals surface area contributed by atoms with Gasteiger partial charge in [0.1, 0.15) is 0 Å². The number of guanidine groups is 1. The van der Waals surface area contributed by atoms with Crippen LogP contribution in [0.3, 0.4) is 0 Å². The molecule has 21 heavy (non-hydrogen) atoms. The van der Waals surface area contributed by atoms with Crippen molar-refractivity contribution < 1.29 is 4.79 Å². The van der Waals surface area contributed by atoms with E-state index in [1.54, 1.807) is 0 Å². The zero-order valence-corrected chi connectivity index (χ0v) is 11.4. The minimum Gasteiger partial charge on any atom is -0.370 e. The Bertz CT molecular complexity index is 660. The minimum absolute atomic E-state index is 0.0224. The molecule has 0 saturated heterocycles. The van der Waals surface area contributed by atoms with Crippen molar-refractivity contribution in [2.24, 2.45) is 22.2 Å². The maximum atomic E-state index is 11.3. The van der Waals surface area contributed by atoms with Crippen LogP contribution in [0.25, 0.3) is 11.1 Å². The van der Waals surface area contributed by atoms with Crippen LogP contribution in [-0.4, -0.2) is 18.4 Å². The van der Waals surface area contributed by atoms with Gasteiger partial charge < -0.3 is 22.5 Å². The van der Waals surface area contributed by atoms with Crippen molar-refractivity contribution in [1.82, 2.24) is 0 Å². The van der Waals surface area contributed by atoms with E-state index in [1.807, 2.05) is 48.5 Å². The lowest BCUT2D eigenvalue weighted by Crippen LogP contribution is -2.21. The summed E-state index contributed by atoms with van der Waals surface area (Å²) in [7, 11) is 0. The molecule has 7 N–H and O–H groups in total. The Kier molecular flexibility index (Phi) is 4.53. The summed E-state index contributed by atoms with van der Waals surface area (Å²) in [6.45, 7) is -0.0442. The Hall–Kier alpha value is -2.86. The highest BCUT2D eigenvalue weighted by Gasteiger charge is 2.02. The average Bonchev–Trinajstić information content (AvgIpc) is 2.47. The highest BCUT2D eigenvalue weighted by Crippen LogP contribution is 2.25. The molecule has 0 atom stereocenters. The molecule has 6 nitrogen and oxygen atoms in total. The number of hydrogen-bond donors (Lipinski definition) is 4. The van der Waals surface area contributed by atoms with E-state index in [4.69, 9.17) is 17.2 Å². The number of nitrogens with two attached hydrogens (primary N) is 3. The van der Waals surface area contributed by atoms with Crippen LogP contribution in [0.4, 0.5) is 11.4 Å². The molecule has 2 rings (SSSR count). The summed E-state index contributed by atoms with van der Waals surface area (Å²) in [6, 6.07) is 15.0. The molecule has 0 saturated carbocycles. The van der Waals surface area contributed by atoms with E-state index >= 15 is 0 Å². The molecule has 0 spiro atoms. The smallest absolute Gasteiger partial charge is 0.238 e. The predicted octanol–water partition coefficient (Wildman–Crippen LogP) is 1.16. The second kappa shape index (κ2) is 6.53. The summed E-state index contributed by atoms with van der Waals surface area (Å²) in [5, 5.41) is 2.72. The van der Waals surface area contributed by atoms with Crippen molar-refractivity contribution in [3.8, 4) is 11.1 Å². The fourth-order valence-corrected chi connectivity index (χ4v) is 1.87. The van der Waals surface area contributed by atoms with E-state index in [2.05, 4.69) is 10.3 Å². The second-order valence-electron chi connectivity index (χ2n) is 4.42. The van der Waals surface area contributed by atoms with Crippen LogP contribution >= 0.6 is 0 Å². The fourth-order valence-electron chi connectivity index (χ4n) is 1.87. The van der Waals surface area contributed by atoms with E-state index in [-0.39, 0.29) is 18.4 Å². The average molecular weight is 283 g/mol. The van der Waals surface area contributed by atoms with Gasteiger partial charge in [-0.05, 0) is 35.4 Å². The SMILES string of the molecule is NCC(=O)Nc1cccc(-c2ccc(N=C(N)N)cc2)c1. The molecule has 1 amide bonds. The number of amides is 1. The van der Waals surface area contributed by atoms with Gasteiger partial charge in [-0.2, -0.15) is 0 Å². The molecule has 0 radical (unpaired) electrons. The lowest BCUT2D eigenvalue weighted by Gasteiger charge is -2.07. The molecule has 0 aliphatic heterocycles. The number of aliphatic imine (C=N–C) groups is 1. The van der Waals surface area contributed by atoms with E-state index in [0.29, 0.717) is 11.4 Å². The number of benzene rings is 2. The number of carbonyl (C=O) groups is 1. The molecule has 0 aliphatic carbocycles. The van der Waals surface area contributed by atoms with Crippen LogP contribution in [0.5, 0.6) is 0 Å². The van der Waals surface area contributed by atoms with Gasteiger partial charge in [-0.1, -0.05) is 24.3 Å². The van der Waals surface area contributed by atoms with Crippen molar-refractivity contribution in [2.75, 3.05) is 11.9 Å². The van der Waals surface area contributed by atoms with Gasteiger partial charge in [0.15, 0.2) is 5.96 Å². The first kappa shape index (κ1) is 14.5. The van der Waals surface area contributed by atoms with Crippen molar-refractivity contribution in [3.05, 3.63) is 48.5 Å². The maximum Gasteiger partial charge on any atom is 0.238 e. The van der Waals surface area contributed by atoms with Crippen molar-refractivity contribution in [1.29, 1.82) is 0 Å². The molecular weight excluding hydrogens is 266 g/mol. The van der Waals surface area contributed by atoms with Gasteiger partial charge >= 0.3 is 0 Å². The van der Waals surface area contributed by atoms with Crippen LogP contribution in [0.2, 0.25) is 0 Å². The largest absolute Gasteiger partial charge is 0.370 e. The molecular formula is C15H17N5O. The van der Waals surface area contributed by atoms with E-state index in [0.717, 1.165) is 11.1 Å². The van der Waals surface area contributed by atoms with Gasteiger partial charge in [-0.25, -0.2) is 4.99 Å². The first-order valence-corrected chi connectivity index (χ1v) is 6.38. The third-order valence-corrected chi connectivity index (χ3v) is 2.79. The van der Waals surface area contributed by atoms with E-state index < -0.39 is 0 Å². The van der Waals surface area contributed by atoms with Crippen molar-refractivity contribution in [2.45, 2.75) is 0 Å². The fraction of sp³-hybridized carbons (Fsp3) is 0.0667. The van der Waals surface area contributed by atoms with Gasteiger partial charge in [-0.15, -0.1) is 0 Å². The molecule has 0 unspecified atom stereocenters. The third kappa shape index (κ3) is 4.05. The first-order chi connectivity index (χ1) is 10.1. The van der Waals surface area contributed by atoms with Crippen LogP contribution in [0.1, 0.15) is 0 Å². The van der Waals surface area contributed by atoms with Gasteiger partial charge in [0.25, 0.3) is 0 Å². The van der Waals surface area contributed by atoms with Gasteiger partial charge in [0.2, 0.25) is 5.91 Å². The molecule has 2 aromatic rings. The number of nitrogens with one attached hydrogen (secondary N) is 1. The molecule has 2 aromatic carbocycles. The summed E-state index contributed by atoms with van der Waals surface area (Å²) in [6.07, 6.45) is 0. The standard InChI is InChI=1S/C15H17N5O/c16-9-14(21)19-13-3-1-2-11(8-13)10-4-6-12(7-5-10)20-15(17)18/h1-8H,9,16H2,(H,19,21)(H4,17,18,20). The van der Waals surface area contributed by atoms with Crippen LogP contribution in [-0.2, 0) is 4.79 Å². The summed E-state index contributed by atoms with van der Waals surface area (Å²) < 4.78 is 0. The molecule has 0 heterocycles. The lowest BCUT2D eigenvalue weighted by atomic mass is 10.0. The summed E-state index contributed by atoms with van der Waals surface area (Å²) >= 11 is 0. The Morgan fingerprint density at radius 1 is 1.05 bits per heavy atom. The number of anilines is 1. The number of hydrogen-bond acceptors (Lipinski definition) is 3. The zero-order valence-electron chi connectivity index (χ0n) is 11.4. The maximum absolute atomic E-state index is 11.3. The van der Waals surface area contributed by atoms with Crippen LogP contribution in [0.15, 0.2) is 53.5 Å². The lowest BCUT2D eigenvalue weighted by molar-refractivity contribution is -0.114. The van der Waals surface area contributed by atoms with E-state index in [9.17, 15) is 4.79 Å². The van der Waals surface area contributed by atoms with Gasteiger partial charge in [-0.3, -0.25) is 4.79 Å². The Labute approximate surface area is 122 Å². The minimum atomic E-state index is -0.227. The van der Waals surface area contributed by atoms with Gasteiger partial charge in [0, 0.05) is 5.69 Å². The zero-order chi connectivity index (χ0) is 15.2.